The molecule has 0 bridgehead atoms. The summed E-state index contributed by atoms with van der Waals surface area (Å²) in [5.74, 6) is 0.328. The van der Waals surface area contributed by atoms with Crippen molar-refractivity contribution >= 4 is 23.2 Å². The highest BCUT2D eigenvalue weighted by molar-refractivity contribution is 6.30. The lowest BCUT2D eigenvalue weighted by Gasteiger charge is -2.11. The van der Waals surface area contributed by atoms with Crippen molar-refractivity contribution in [3.05, 3.63) is 101 Å². The average Bonchev–Trinajstić information content (AvgIpc) is 3.15. The number of amides is 1. The summed E-state index contributed by atoms with van der Waals surface area (Å²) in [4.78, 5) is 17.2. The van der Waals surface area contributed by atoms with Crippen LogP contribution in [0.5, 0.6) is 5.75 Å². The number of fused-ring (bicyclic) bond motifs is 1. The maximum Gasteiger partial charge on any atom is 0.255 e. The number of hydrogen-bond donors (Lipinski definition) is 1. The number of rotatable bonds is 6. The Morgan fingerprint density at radius 3 is 2.64 bits per heavy atom. The van der Waals surface area contributed by atoms with Crippen LogP contribution in [0.25, 0.3) is 5.65 Å². The summed E-state index contributed by atoms with van der Waals surface area (Å²) in [7, 11) is 0. The van der Waals surface area contributed by atoms with Crippen LogP contribution in [0.1, 0.15) is 21.6 Å². The van der Waals surface area contributed by atoms with Crippen LogP contribution in [-0.2, 0) is 13.2 Å². The van der Waals surface area contributed by atoms with E-state index in [0.717, 1.165) is 16.9 Å². The number of aromatic nitrogens is 2. The van der Waals surface area contributed by atoms with E-state index in [2.05, 4.69) is 10.3 Å². The van der Waals surface area contributed by atoms with E-state index in [0.29, 0.717) is 29.5 Å². The van der Waals surface area contributed by atoms with Crippen LogP contribution in [0, 0.1) is 0 Å². The second-order valence-corrected chi connectivity index (χ2v) is 6.73. The third-order valence-electron chi connectivity index (χ3n) is 4.28. The van der Waals surface area contributed by atoms with Gasteiger partial charge in [0, 0.05) is 17.4 Å². The fraction of sp³-hybridized carbons (Fsp3) is 0.0909. The zero-order chi connectivity index (χ0) is 19.3. The minimum absolute atomic E-state index is 0.205. The molecule has 0 aliphatic rings. The Balaban J connectivity index is 1.43. The number of nitrogens with one attached hydrogen (secondary N) is 1. The van der Waals surface area contributed by atoms with E-state index in [1.165, 1.54) is 0 Å². The predicted octanol–water partition coefficient (Wildman–Crippen LogP) is 4.50. The zero-order valence-electron chi connectivity index (χ0n) is 15.0. The summed E-state index contributed by atoms with van der Waals surface area (Å²) in [6.07, 6.45) is 3.83. The lowest BCUT2D eigenvalue weighted by molar-refractivity contribution is 0.0946. The van der Waals surface area contributed by atoms with Gasteiger partial charge in [0.25, 0.3) is 5.91 Å². The van der Waals surface area contributed by atoms with E-state index in [-0.39, 0.29) is 5.91 Å². The van der Waals surface area contributed by atoms with Gasteiger partial charge in [-0.1, -0.05) is 41.9 Å². The second kappa shape index (κ2) is 8.15. The number of hydrogen-bond acceptors (Lipinski definition) is 3. The molecular weight excluding hydrogens is 374 g/mol. The highest BCUT2D eigenvalue weighted by Gasteiger charge is 2.13. The molecule has 0 unspecified atom stereocenters. The van der Waals surface area contributed by atoms with Gasteiger partial charge in [0.15, 0.2) is 0 Å². The fourth-order valence-electron chi connectivity index (χ4n) is 2.86. The largest absolute Gasteiger partial charge is 0.488 e. The molecule has 0 spiro atoms. The van der Waals surface area contributed by atoms with Crippen molar-refractivity contribution in [3.8, 4) is 5.75 Å². The number of imidazole rings is 1. The highest BCUT2D eigenvalue weighted by Crippen LogP contribution is 2.20. The summed E-state index contributed by atoms with van der Waals surface area (Å²) in [6.45, 7) is 0.694. The maximum atomic E-state index is 12.7. The molecule has 2 heterocycles. The van der Waals surface area contributed by atoms with Gasteiger partial charge in [-0.15, -0.1) is 0 Å². The first-order chi connectivity index (χ1) is 13.7. The van der Waals surface area contributed by atoms with E-state index in [1.54, 1.807) is 12.1 Å². The molecule has 2 aromatic carbocycles. The van der Waals surface area contributed by atoms with Crippen LogP contribution in [0.2, 0.25) is 5.02 Å². The van der Waals surface area contributed by atoms with Crippen molar-refractivity contribution in [1.82, 2.24) is 14.7 Å². The Hall–Kier alpha value is -3.31. The molecule has 0 saturated heterocycles. The quantitative estimate of drug-likeness (QED) is 0.526. The van der Waals surface area contributed by atoms with Crippen molar-refractivity contribution in [3.63, 3.8) is 0 Å². The maximum absolute atomic E-state index is 12.7. The number of para-hydroxylation sites is 1. The fourth-order valence-corrected chi connectivity index (χ4v) is 2.99. The zero-order valence-corrected chi connectivity index (χ0v) is 15.8. The number of benzene rings is 2. The van der Waals surface area contributed by atoms with Gasteiger partial charge in [-0.3, -0.25) is 4.79 Å². The van der Waals surface area contributed by atoms with Gasteiger partial charge in [0.1, 0.15) is 18.0 Å². The lowest BCUT2D eigenvalue weighted by Crippen LogP contribution is -2.23. The Bertz CT molecular complexity index is 1070. The predicted molar refractivity (Wildman–Crippen MR) is 109 cm³/mol. The van der Waals surface area contributed by atoms with Crippen LogP contribution in [-0.4, -0.2) is 15.3 Å². The van der Waals surface area contributed by atoms with Gasteiger partial charge in [0.05, 0.1) is 17.8 Å². The Morgan fingerprint density at radius 1 is 1.04 bits per heavy atom. The highest BCUT2D eigenvalue weighted by atomic mass is 35.5. The van der Waals surface area contributed by atoms with Crippen molar-refractivity contribution in [2.24, 2.45) is 0 Å². The SMILES string of the molecule is O=C(NCc1cn2ccccc2n1)c1ccccc1OCc1ccc(Cl)cc1. The van der Waals surface area contributed by atoms with Crippen LogP contribution in [0.15, 0.2) is 79.1 Å². The molecule has 4 rings (SSSR count). The van der Waals surface area contributed by atoms with E-state index < -0.39 is 0 Å². The van der Waals surface area contributed by atoms with Crippen LogP contribution in [0.4, 0.5) is 0 Å². The molecule has 0 aliphatic heterocycles. The number of halogens is 1. The molecule has 0 saturated carbocycles. The number of pyridine rings is 1. The van der Waals surface area contributed by atoms with E-state index in [1.807, 2.05) is 71.4 Å². The molecular formula is C22H18ClN3O2. The summed E-state index contributed by atoms with van der Waals surface area (Å²) >= 11 is 5.91. The second-order valence-electron chi connectivity index (χ2n) is 6.29. The summed E-state index contributed by atoms with van der Waals surface area (Å²) in [5.41, 5.74) is 3.10. The van der Waals surface area contributed by atoms with Gasteiger partial charge in [-0.25, -0.2) is 4.98 Å². The molecule has 2 aromatic heterocycles. The molecule has 0 fully saturated rings. The van der Waals surface area contributed by atoms with Crippen LogP contribution >= 0.6 is 11.6 Å². The Morgan fingerprint density at radius 2 is 1.82 bits per heavy atom. The number of carbonyl (C=O) groups is 1. The summed E-state index contributed by atoms with van der Waals surface area (Å²) in [5, 5.41) is 3.59. The Kier molecular flexibility index (Phi) is 5.26. The molecule has 1 N–H and O–H groups in total. The topological polar surface area (TPSA) is 55.6 Å². The smallest absolute Gasteiger partial charge is 0.255 e. The monoisotopic (exact) mass is 391 g/mol. The number of carbonyl (C=O) groups excluding carboxylic acids is 1. The number of ether oxygens (including phenoxy) is 1. The molecule has 4 aromatic rings. The first-order valence-corrected chi connectivity index (χ1v) is 9.24. The number of nitrogens with zero attached hydrogens (tertiary/aromatic N) is 2. The van der Waals surface area contributed by atoms with Crippen LogP contribution in [0.3, 0.4) is 0 Å². The summed E-state index contributed by atoms with van der Waals surface area (Å²) < 4.78 is 7.78. The standard InChI is InChI=1S/C22H18ClN3O2/c23-17-10-8-16(9-11-17)15-28-20-6-2-1-5-19(20)22(27)24-13-18-14-26-12-4-3-7-21(26)25-18/h1-12,14H,13,15H2,(H,24,27). The molecule has 1 amide bonds. The summed E-state index contributed by atoms with van der Waals surface area (Å²) in [6, 6.07) is 20.4. The minimum atomic E-state index is -0.205. The van der Waals surface area contributed by atoms with Crippen molar-refractivity contribution < 1.29 is 9.53 Å². The van der Waals surface area contributed by atoms with E-state index in [4.69, 9.17) is 16.3 Å². The minimum Gasteiger partial charge on any atom is -0.488 e. The molecule has 140 valence electrons. The van der Waals surface area contributed by atoms with Gasteiger partial charge < -0.3 is 14.5 Å². The van der Waals surface area contributed by atoms with Gasteiger partial charge in [-0.2, -0.15) is 0 Å². The molecule has 0 aliphatic carbocycles. The molecule has 0 atom stereocenters. The third kappa shape index (κ3) is 4.15. The Labute approximate surface area is 167 Å². The van der Waals surface area contributed by atoms with Crippen molar-refractivity contribution in [1.29, 1.82) is 0 Å². The lowest BCUT2D eigenvalue weighted by atomic mass is 10.2. The van der Waals surface area contributed by atoms with Crippen molar-refractivity contribution in [2.45, 2.75) is 13.2 Å². The van der Waals surface area contributed by atoms with E-state index in [9.17, 15) is 4.79 Å². The normalized spacial score (nSPS) is 10.8. The molecule has 0 radical (unpaired) electrons. The molecule has 5 nitrogen and oxygen atoms in total. The molecule has 6 heteroatoms. The third-order valence-corrected chi connectivity index (χ3v) is 4.54. The van der Waals surface area contributed by atoms with Gasteiger partial charge in [0.2, 0.25) is 0 Å². The average molecular weight is 392 g/mol. The molecule has 28 heavy (non-hydrogen) atoms. The van der Waals surface area contributed by atoms with E-state index >= 15 is 0 Å². The van der Waals surface area contributed by atoms with Gasteiger partial charge in [-0.05, 0) is 42.0 Å². The van der Waals surface area contributed by atoms with Crippen molar-refractivity contribution in [2.75, 3.05) is 0 Å². The van der Waals surface area contributed by atoms with Crippen LogP contribution < -0.4 is 10.1 Å². The first kappa shape index (κ1) is 18.1. The van der Waals surface area contributed by atoms with Gasteiger partial charge >= 0.3 is 0 Å². The first-order valence-electron chi connectivity index (χ1n) is 8.86.